The second-order valence-corrected chi connectivity index (χ2v) is 8.40. The van der Waals surface area contributed by atoms with E-state index in [1.807, 2.05) is 0 Å². The average molecular weight is 407 g/mol. The van der Waals surface area contributed by atoms with Gasteiger partial charge in [0.15, 0.2) is 0 Å². The van der Waals surface area contributed by atoms with Crippen LogP contribution in [0.4, 0.5) is 0 Å². The summed E-state index contributed by atoms with van der Waals surface area (Å²) in [7, 11) is 0. The largest absolute Gasteiger partial charge is 0.341 e. The zero-order chi connectivity index (χ0) is 17.2. The van der Waals surface area contributed by atoms with Crippen LogP contribution in [0.25, 0.3) is 0 Å². The Morgan fingerprint density at radius 2 is 1.68 bits per heavy atom. The van der Waals surface area contributed by atoms with Gasteiger partial charge in [0.25, 0.3) is 0 Å². The van der Waals surface area contributed by atoms with Gasteiger partial charge < -0.3 is 9.80 Å². The van der Waals surface area contributed by atoms with Gasteiger partial charge in [-0.05, 0) is 62.9 Å². The van der Waals surface area contributed by atoms with Crippen molar-refractivity contribution in [3.05, 3.63) is 34.3 Å². The van der Waals surface area contributed by atoms with Crippen molar-refractivity contribution in [3.8, 4) is 0 Å². The Kier molecular flexibility index (Phi) is 5.41. The van der Waals surface area contributed by atoms with E-state index in [2.05, 4.69) is 60.8 Å². The smallest absolute Gasteiger partial charge is 0.241 e. The quantitative estimate of drug-likeness (QED) is 0.808. The molecule has 3 heterocycles. The Morgan fingerprint density at radius 1 is 1.00 bits per heavy atom. The summed E-state index contributed by atoms with van der Waals surface area (Å²) in [6, 6.07) is 9.10. The molecule has 1 aromatic carbocycles. The molecule has 4 rings (SSSR count). The molecular weight excluding hydrogens is 380 g/mol. The summed E-state index contributed by atoms with van der Waals surface area (Å²) < 4.78 is 1.08. The molecule has 3 aliphatic rings. The predicted octanol–water partition coefficient (Wildman–Crippen LogP) is 2.44. The second-order valence-electron chi connectivity index (χ2n) is 7.48. The van der Waals surface area contributed by atoms with Crippen LogP contribution in [0.15, 0.2) is 28.7 Å². The third-order valence-corrected chi connectivity index (χ3v) is 6.44. The number of hydrazine groups is 1. The zero-order valence-corrected chi connectivity index (χ0v) is 16.2. The number of nitrogens with zero attached hydrogens (tertiary/aromatic N) is 2. The molecule has 1 aromatic rings. The van der Waals surface area contributed by atoms with Gasteiger partial charge in [-0.3, -0.25) is 4.79 Å². The molecule has 25 heavy (non-hydrogen) atoms. The van der Waals surface area contributed by atoms with Crippen molar-refractivity contribution in [3.63, 3.8) is 0 Å². The lowest BCUT2D eigenvalue weighted by atomic mass is 9.99. The molecule has 5 nitrogen and oxygen atoms in total. The molecule has 0 aliphatic carbocycles. The van der Waals surface area contributed by atoms with Crippen molar-refractivity contribution in [2.45, 2.75) is 50.2 Å². The fraction of sp³-hybridized carbons (Fsp3) is 0.632. The van der Waals surface area contributed by atoms with Gasteiger partial charge in [0.05, 0.1) is 0 Å². The van der Waals surface area contributed by atoms with Gasteiger partial charge in [-0.1, -0.05) is 28.1 Å². The van der Waals surface area contributed by atoms with Gasteiger partial charge in [-0.15, -0.1) is 0 Å². The number of nitrogens with one attached hydrogen (secondary N) is 2. The Labute approximate surface area is 158 Å². The Balaban J connectivity index is 1.29. The molecule has 3 aliphatic heterocycles. The zero-order valence-electron chi connectivity index (χ0n) is 14.6. The molecule has 2 N–H and O–H groups in total. The van der Waals surface area contributed by atoms with E-state index >= 15 is 0 Å². The summed E-state index contributed by atoms with van der Waals surface area (Å²) in [5.41, 5.74) is 7.74. The molecule has 3 fully saturated rings. The summed E-state index contributed by atoms with van der Waals surface area (Å²) in [6.45, 7) is 4.31. The first-order valence-electron chi connectivity index (χ1n) is 9.50. The molecule has 0 radical (unpaired) electrons. The van der Waals surface area contributed by atoms with Gasteiger partial charge in [0, 0.05) is 29.6 Å². The number of carbonyl (C=O) groups is 1. The van der Waals surface area contributed by atoms with E-state index in [1.54, 1.807) is 0 Å². The summed E-state index contributed by atoms with van der Waals surface area (Å²) in [4.78, 5) is 17.6. The fourth-order valence-corrected chi connectivity index (χ4v) is 4.67. The number of halogens is 1. The molecule has 1 amide bonds. The molecule has 0 saturated carbocycles. The van der Waals surface area contributed by atoms with E-state index in [9.17, 15) is 4.79 Å². The van der Waals surface area contributed by atoms with E-state index < -0.39 is 0 Å². The summed E-state index contributed by atoms with van der Waals surface area (Å²) >= 11 is 3.47. The highest BCUT2D eigenvalue weighted by Gasteiger charge is 2.35. The van der Waals surface area contributed by atoms with Crippen molar-refractivity contribution in [2.75, 3.05) is 26.2 Å². The molecule has 2 atom stereocenters. The highest BCUT2D eigenvalue weighted by Crippen LogP contribution is 2.26. The molecule has 136 valence electrons. The van der Waals surface area contributed by atoms with Crippen molar-refractivity contribution >= 4 is 21.8 Å². The van der Waals surface area contributed by atoms with Gasteiger partial charge in [0.1, 0.15) is 6.04 Å². The summed E-state index contributed by atoms with van der Waals surface area (Å²) in [5.74, 6) is 0.256. The van der Waals surface area contributed by atoms with E-state index in [4.69, 9.17) is 0 Å². The highest BCUT2D eigenvalue weighted by atomic mass is 79.9. The molecule has 2 unspecified atom stereocenters. The third-order valence-electron chi connectivity index (χ3n) is 5.91. The first-order chi connectivity index (χ1) is 12.2. The Bertz CT molecular complexity index is 594. The second kappa shape index (κ2) is 7.74. The van der Waals surface area contributed by atoms with E-state index in [0.29, 0.717) is 6.04 Å². The number of piperidine rings is 1. The summed E-state index contributed by atoms with van der Waals surface area (Å²) in [6.07, 6.45) is 5.75. The van der Waals surface area contributed by atoms with Crippen molar-refractivity contribution in [2.24, 2.45) is 0 Å². The van der Waals surface area contributed by atoms with Crippen LogP contribution < -0.4 is 10.9 Å². The van der Waals surface area contributed by atoms with Crippen LogP contribution >= 0.6 is 15.9 Å². The maximum Gasteiger partial charge on any atom is 0.241 e. The lowest BCUT2D eigenvalue weighted by Gasteiger charge is -2.37. The molecular formula is C19H27BrN4O. The maximum atomic E-state index is 12.9. The lowest BCUT2D eigenvalue weighted by Crippen LogP contribution is -2.51. The number of likely N-dealkylation sites (tertiary alicyclic amines) is 2. The number of hydrogen-bond donors (Lipinski definition) is 2. The molecule has 0 spiro atoms. The van der Waals surface area contributed by atoms with Crippen molar-refractivity contribution in [1.82, 2.24) is 20.7 Å². The van der Waals surface area contributed by atoms with Crippen molar-refractivity contribution in [1.29, 1.82) is 0 Å². The van der Waals surface area contributed by atoms with Crippen LogP contribution in [-0.2, 0) is 4.79 Å². The minimum atomic E-state index is -0.114. The van der Waals surface area contributed by atoms with Crippen LogP contribution in [0.3, 0.4) is 0 Å². The minimum Gasteiger partial charge on any atom is -0.341 e. The number of carbonyl (C=O) groups excluding carboxylic acids is 1. The topological polar surface area (TPSA) is 47.6 Å². The fourth-order valence-electron chi connectivity index (χ4n) is 4.41. The van der Waals surface area contributed by atoms with E-state index in [0.717, 1.165) is 36.8 Å². The van der Waals surface area contributed by atoms with Crippen LogP contribution in [0, 0.1) is 0 Å². The Morgan fingerprint density at radius 3 is 2.36 bits per heavy atom. The average Bonchev–Trinajstić information content (AvgIpc) is 3.34. The highest BCUT2D eigenvalue weighted by molar-refractivity contribution is 9.10. The first-order valence-corrected chi connectivity index (χ1v) is 10.3. The molecule has 0 bridgehead atoms. The molecule has 6 heteroatoms. The SMILES string of the molecule is O=C(C1CC(c2ccc(Br)cc2)NN1)N1CCC(N2CCCC2)CC1. The molecule has 3 saturated heterocycles. The van der Waals surface area contributed by atoms with Crippen LogP contribution in [0.5, 0.6) is 0 Å². The third kappa shape index (κ3) is 3.92. The van der Waals surface area contributed by atoms with Crippen molar-refractivity contribution < 1.29 is 4.79 Å². The number of amides is 1. The van der Waals surface area contributed by atoms with Gasteiger partial charge in [-0.25, -0.2) is 10.9 Å². The lowest BCUT2D eigenvalue weighted by molar-refractivity contribution is -0.134. The first kappa shape index (κ1) is 17.5. The van der Waals surface area contributed by atoms with E-state index in [-0.39, 0.29) is 18.0 Å². The maximum absolute atomic E-state index is 12.9. The van der Waals surface area contributed by atoms with Crippen LogP contribution in [0.1, 0.15) is 43.7 Å². The van der Waals surface area contributed by atoms with Gasteiger partial charge >= 0.3 is 0 Å². The summed E-state index contributed by atoms with van der Waals surface area (Å²) in [5, 5.41) is 0. The minimum absolute atomic E-state index is 0.114. The van der Waals surface area contributed by atoms with Gasteiger partial charge in [0.2, 0.25) is 5.91 Å². The number of hydrogen-bond acceptors (Lipinski definition) is 4. The van der Waals surface area contributed by atoms with Gasteiger partial charge in [-0.2, -0.15) is 0 Å². The van der Waals surface area contributed by atoms with Crippen LogP contribution in [-0.4, -0.2) is 54.0 Å². The monoisotopic (exact) mass is 406 g/mol. The Hall–Kier alpha value is -0.950. The van der Waals surface area contributed by atoms with E-state index in [1.165, 1.54) is 31.5 Å². The normalized spacial score (nSPS) is 28.6. The number of benzene rings is 1. The number of rotatable bonds is 3. The predicted molar refractivity (Wildman–Crippen MR) is 102 cm³/mol. The van der Waals surface area contributed by atoms with Crippen LogP contribution in [0.2, 0.25) is 0 Å². The molecule has 0 aromatic heterocycles. The standard InChI is InChI=1S/C19H27BrN4O/c20-15-5-3-14(4-6-15)17-13-18(22-21-17)19(25)24-11-7-16(8-12-24)23-9-1-2-10-23/h3-6,16-18,21-22H,1-2,7-13H2.